The van der Waals surface area contributed by atoms with Gasteiger partial charge in [-0.05, 0) is 91.3 Å². The van der Waals surface area contributed by atoms with Gasteiger partial charge in [0.15, 0.2) is 0 Å². The fourth-order valence-corrected chi connectivity index (χ4v) is 5.69. The van der Waals surface area contributed by atoms with Gasteiger partial charge in [-0.3, -0.25) is 0 Å². The highest BCUT2D eigenvalue weighted by Crippen LogP contribution is 2.47. The Morgan fingerprint density at radius 3 is 1.41 bits per heavy atom. The Hall–Kier alpha value is -3.60. The van der Waals surface area contributed by atoms with Crippen molar-refractivity contribution in [2.45, 2.75) is 38.0 Å². The number of carbonyl (C=O) groups is 2. The SMILES string of the molecule is CC1CCC(c2ccc(OC(=O)c3ccccc3Cl)cc2)(c2ccc(OC(=O)c3ccccc3Cl)cc2)CC1. The van der Waals surface area contributed by atoms with Gasteiger partial charge in [-0.15, -0.1) is 0 Å². The van der Waals surface area contributed by atoms with Crippen LogP contribution in [-0.2, 0) is 5.41 Å². The zero-order valence-corrected chi connectivity index (χ0v) is 23.0. The van der Waals surface area contributed by atoms with Crippen LogP contribution in [0.5, 0.6) is 11.5 Å². The molecule has 1 aliphatic rings. The summed E-state index contributed by atoms with van der Waals surface area (Å²) < 4.78 is 11.2. The summed E-state index contributed by atoms with van der Waals surface area (Å²) in [7, 11) is 0. The van der Waals surface area contributed by atoms with E-state index in [1.54, 1.807) is 48.5 Å². The number of esters is 2. The number of ether oxygens (including phenoxy) is 2. The van der Waals surface area contributed by atoms with Crippen LogP contribution in [0.25, 0.3) is 0 Å². The Morgan fingerprint density at radius 1 is 0.641 bits per heavy atom. The summed E-state index contributed by atoms with van der Waals surface area (Å²) in [6, 6.07) is 29.2. The summed E-state index contributed by atoms with van der Waals surface area (Å²) in [5.74, 6) is 0.604. The summed E-state index contributed by atoms with van der Waals surface area (Å²) in [4.78, 5) is 25.2. The Labute approximate surface area is 238 Å². The minimum atomic E-state index is -0.489. The van der Waals surface area contributed by atoms with Crippen LogP contribution >= 0.6 is 23.2 Å². The molecular formula is C33H28Cl2O4. The molecule has 6 heteroatoms. The number of carbonyl (C=O) groups excluding carboxylic acids is 2. The second-order valence-corrected chi connectivity index (χ2v) is 10.9. The van der Waals surface area contributed by atoms with E-state index in [4.69, 9.17) is 32.7 Å². The number of rotatable bonds is 6. The molecule has 1 saturated carbocycles. The third kappa shape index (κ3) is 5.88. The first-order chi connectivity index (χ1) is 18.9. The van der Waals surface area contributed by atoms with Gasteiger partial charge in [-0.1, -0.05) is 78.7 Å². The topological polar surface area (TPSA) is 52.6 Å². The molecule has 4 nitrogen and oxygen atoms in total. The molecule has 198 valence electrons. The van der Waals surface area contributed by atoms with Crippen LogP contribution in [0.1, 0.15) is 64.4 Å². The summed E-state index contributed by atoms with van der Waals surface area (Å²) in [5.41, 5.74) is 2.79. The molecule has 5 rings (SSSR count). The average molecular weight is 559 g/mol. The van der Waals surface area contributed by atoms with Crippen molar-refractivity contribution in [3.8, 4) is 11.5 Å². The molecule has 0 unspecified atom stereocenters. The summed E-state index contributed by atoms with van der Waals surface area (Å²) in [5, 5.41) is 0.714. The van der Waals surface area contributed by atoms with Crippen LogP contribution in [0, 0.1) is 5.92 Å². The van der Waals surface area contributed by atoms with Gasteiger partial charge < -0.3 is 9.47 Å². The number of hydrogen-bond acceptors (Lipinski definition) is 4. The molecule has 0 N–H and O–H groups in total. The van der Waals surface area contributed by atoms with Crippen LogP contribution in [-0.4, -0.2) is 11.9 Å². The highest BCUT2D eigenvalue weighted by Gasteiger charge is 2.37. The molecule has 39 heavy (non-hydrogen) atoms. The molecule has 0 aliphatic heterocycles. The lowest BCUT2D eigenvalue weighted by Crippen LogP contribution is -2.32. The predicted molar refractivity (Wildman–Crippen MR) is 154 cm³/mol. The molecule has 1 fully saturated rings. The molecule has 0 bridgehead atoms. The average Bonchev–Trinajstić information content (AvgIpc) is 2.95. The fraction of sp³-hybridized carbons (Fsp3) is 0.212. The van der Waals surface area contributed by atoms with Gasteiger partial charge in [-0.2, -0.15) is 0 Å². The zero-order chi connectivity index (χ0) is 27.4. The van der Waals surface area contributed by atoms with Crippen molar-refractivity contribution in [1.82, 2.24) is 0 Å². The monoisotopic (exact) mass is 558 g/mol. The lowest BCUT2D eigenvalue weighted by atomic mass is 9.63. The maximum absolute atomic E-state index is 12.6. The Kier molecular flexibility index (Phi) is 8.06. The van der Waals surface area contributed by atoms with Crippen molar-refractivity contribution in [2.24, 2.45) is 5.92 Å². The lowest BCUT2D eigenvalue weighted by molar-refractivity contribution is 0.0725. The van der Waals surface area contributed by atoms with E-state index >= 15 is 0 Å². The zero-order valence-electron chi connectivity index (χ0n) is 21.5. The molecule has 4 aromatic rings. The molecule has 0 amide bonds. The number of benzene rings is 4. The van der Waals surface area contributed by atoms with Crippen molar-refractivity contribution in [3.05, 3.63) is 129 Å². The van der Waals surface area contributed by atoms with E-state index in [1.807, 2.05) is 48.5 Å². The van der Waals surface area contributed by atoms with E-state index in [0.717, 1.165) is 36.8 Å². The molecule has 0 saturated heterocycles. The van der Waals surface area contributed by atoms with Gasteiger partial charge >= 0.3 is 11.9 Å². The molecule has 1 aliphatic carbocycles. The second kappa shape index (κ2) is 11.6. The lowest BCUT2D eigenvalue weighted by Gasteiger charge is -2.40. The standard InChI is InChI=1S/C33H28Cl2O4/c1-22-18-20-33(21-19-22,23-10-14-25(15-11-23)38-31(36)27-6-2-4-8-29(27)34)24-12-16-26(17-13-24)39-32(37)28-7-3-5-9-30(28)35/h2-17,22H,18-21H2,1H3. The second-order valence-electron chi connectivity index (χ2n) is 10.1. The molecule has 0 heterocycles. The quantitative estimate of drug-likeness (QED) is 0.175. The van der Waals surface area contributed by atoms with Crippen LogP contribution in [0.4, 0.5) is 0 Å². The fourth-order valence-electron chi connectivity index (χ4n) is 5.26. The highest BCUT2D eigenvalue weighted by atomic mass is 35.5. The summed E-state index contributed by atoms with van der Waals surface area (Å²) in [6.07, 6.45) is 4.19. The Morgan fingerprint density at radius 2 is 1.03 bits per heavy atom. The van der Waals surface area contributed by atoms with E-state index in [9.17, 15) is 9.59 Å². The molecule has 0 atom stereocenters. The minimum Gasteiger partial charge on any atom is -0.423 e. The van der Waals surface area contributed by atoms with Crippen molar-refractivity contribution in [2.75, 3.05) is 0 Å². The van der Waals surface area contributed by atoms with Crippen molar-refractivity contribution in [1.29, 1.82) is 0 Å². The van der Waals surface area contributed by atoms with E-state index in [0.29, 0.717) is 38.6 Å². The van der Waals surface area contributed by atoms with Gasteiger partial charge in [0.1, 0.15) is 11.5 Å². The summed E-state index contributed by atoms with van der Waals surface area (Å²) >= 11 is 12.3. The van der Waals surface area contributed by atoms with E-state index in [1.165, 1.54) is 0 Å². The van der Waals surface area contributed by atoms with Crippen molar-refractivity contribution < 1.29 is 19.1 Å². The van der Waals surface area contributed by atoms with Crippen LogP contribution < -0.4 is 9.47 Å². The smallest absolute Gasteiger partial charge is 0.345 e. The van der Waals surface area contributed by atoms with Gasteiger partial charge in [0, 0.05) is 5.41 Å². The van der Waals surface area contributed by atoms with Crippen molar-refractivity contribution in [3.63, 3.8) is 0 Å². The van der Waals surface area contributed by atoms with Crippen molar-refractivity contribution >= 4 is 35.1 Å². The normalized spacial score (nSPS) is 14.9. The maximum atomic E-state index is 12.6. The molecular weight excluding hydrogens is 531 g/mol. The predicted octanol–water partition coefficient (Wildman–Crippen LogP) is 8.93. The molecule has 0 aromatic heterocycles. The minimum absolute atomic E-state index is 0.191. The van der Waals surface area contributed by atoms with Crippen LogP contribution in [0.15, 0.2) is 97.1 Å². The largest absolute Gasteiger partial charge is 0.423 e. The maximum Gasteiger partial charge on any atom is 0.345 e. The highest BCUT2D eigenvalue weighted by molar-refractivity contribution is 6.34. The Bertz CT molecular complexity index is 1370. The van der Waals surface area contributed by atoms with Crippen LogP contribution in [0.2, 0.25) is 10.0 Å². The van der Waals surface area contributed by atoms with E-state index in [2.05, 4.69) is 6.92 Å². The first-order valence-electron chi connectivity index (χ1n) is 13.0. The number of halogens is 2. The third-order valence-corrected chi connectivity index (χ3v) is 8.21. The molecule has 0 radical (unpaired) electrons. The first kappa shape index (κ1) is 27.0. The molecule has 4 aromatic carbocycles. The van der Waals surface area contributed by atoms with Gasteiger partial charge in [0.05, 0.1) is 21.2 Å². The number of hydrogen-bond donors (Lipinski definition) is 0. The first-order valence-corrected chi connectivity index (χ1v) is 13.8. The van der Waals surface area contributed by atoms with Gasteiger partial charge in [-0.25, -0.2) is 9.59 Å². The molecule has 0 spiro atoms. The van der Waals surface area contributed by atoms with Crippen LogP contribution in [0.3, 0.4) is 0 Å². The van der Waals surface area contributed by atoms with E-state index < -0.39 is 11.9 Å². The summed E-state index contributed by atoms with van der Waals surface area (Å²) in [6.45, 7) is 2.29. The third-order valence-electron chi connectivity index (χ3n) is 7.55. The van der Waals surface area contributed by atoms with Gasteiger partial charge in [0.25, 0.3) is 0 Å². The van der Waals surface area contributed by atoms with E-state index in [-0.39, 0.29) is 5.41 Å². The van der Waals surface area contributed by atoms with Gasteiger partial charge in [0.2, 0.25) is 0 Å². The Balaban J connectivity index is 1.37.